The average Bonchev–Trinajstić information content (AvgIpc) is 3.09. The van der Waals surface area contributed by atoms with Crippen molar-refractivity contribution in [3.8, 4) is 0 Å². The maximum Gasteiger partial charge on any atom is 0.0781 e. The number of methoxy groups -OCH3 is 1. The molecule has 0 aliphatic carbocycles. The van der Waals surface area contributed by atoms with Crippen LogP contribution in [0, 0.1) is 0 Å². The van der Waals surface area contributed by atoms with Crippen LogP contribution in [0.3, 0.4) is 0 Å². The molecule has 15 heteroatoms. The molecule has 0 aliphatic heterocycles. The van der Waals surface area contributed by atoms with Crippen molar-refractivity contribution in [2.75, 3.05) is 139 Å². The quantitative estimate of drug-likeness (QED) is 0.0791. The van der Waals surface area contributed by atoms with E-state index < -0.39 is 0 Å². The fourth-order valence-corrected chi connectivity index (χ4v) is 3.14. The van der Waals surface area contributed by atoms with Crippen molar-refractivity contribution in [3.05, 3.63) is 0 Å². The summed E-state index contributed by atoms with van der Waals surface area (Å²) in [5.41, 5.74) is 0. The molecule has 0 aromatic carbocycles. The summed E-state index contributed by atoms with van der Waals surface area (Å²) >= 11 is 0. The van der Waals surface area contributed by atoms with Crippen LogP contribution in [-0.2, 0) is 56.8 Å². The summed E-state index contributed by atoms with van der Waals surface area (Å²) in [5.74, 6) is 0. The minimum Gasteiger partial charge on any atom is -0.394 e. The number of aliphatic hydroxyl groups is 3. The van der Waals surface area contributed by atoms with Crippen molar-refractivity contribution < 1.29 is 72.2 Å². The molecule has 6 unspecified atom stereocenters. The van der Waals surface area contributed by atoms with Crippen LogP contribution in [0.2, 0.25) is 0 Å². The van der Waals surface area contributed by atoms with Gasteiger partial charge in [-0.05, 0) is 41.5 Å². The third kappa shape index (κ3) is 39.8. The van der Waals surface area contributed by atoms with Gasteiger partial charge in [-0.15, -0.1) is 0 Å². The molecule has 3 N–H and O–H groups in total. The third-order valence-electron chi connectivity index (χ3n) is 6.07. The summed E-state index contributed by atoms with van der Waals surface area (Å²) in [4.78, 5) is 0. The molecule has 0 aliphatic rings. The van der Waals surface area contributed by atoms with E-state index in [-0.39, 0.29) is 56.4 Å². The number of rotatable bonds is 36. The van der Waals surface area contributed by atoms with Gasteiger partial charge in [0.15, 0.2) is 0 Å². The largest absolute Gasteiger partial charge is 0.394 e. The molecule has 0 spiro atoms. The van der Waals surface area contributed by atoms with Gasteiger partial charge in [-0.2, -0.15) is 0 Å². The van der Waals surface area contributed by atoms with E-state index in [4.69, 9.17) is 72.2 Å². The average molecular weight is 707 g/mol. The van der Waals surface area contributed by atoms with Crippen molar-refractivity contribution in [2.45, 2.75) is 78.2 Å². The molecular weight excluding hydrogens is 636 g/mol. The van der Waals surface area contributed by atoms with E-state index in [1.54, 1.807) is 7.11 Å². The molecule has 292 valence electrons. The Morgan fingerprint density at radius 3 is 0.792 bits per heavy atom. The van der Waals surface area contributed by atoms with E-state index in [9.17, 15) is 0 Å². The van der Waals surface area contributed by atoms with Crippen molar-refractivity contribution in [3.63, 3.8) is 0 Å². The summed E-state index contributed by atoms with van der Waals surface area (Å²) in [6.07, 6.45) is -0.172. The van der Waals surface area contributed by atoms with Gasteiger partial charge in [0, 0.05) is 7.11 Å². The first-order valence-corrected chi connectivity index (χ1v) is 17.1. The molecule has 0 aromatic rings. The van der Waals surface area contributed by atoms with E-state index in [2.05, 4.69) is 0 Å². The Balaban J connectivity index is 0. The Morgan fingerprint density at radius 1 is 0.333 bits per heavy atom. The second-order valence-electron chi connectivity index (χ2n) is 11.1. The monoisotopic (exact) mass is 706 g/mol. The summed E-state index contributed by atoms with van der Waals surface area (Å²) in [6.45, 7) is 20.0. The zero-order chi connectivity index (χ0) is 36.1. The van der Waals surface area contributed by atoms with E-state index >= 15 is 0 Å². The van der Waals surface area contributed by atoms with Gasteiger partial charge in [0.25, 0.3) is 0 Å². The predicted molar refractivity (Wildman–Crippen MR) is 180 cm³/mol. The molecule has 0 fully saturated rings. The Bertz CT molecular complexity index is 557. The number of aliphatic hydroxyl groups excluding tert-OH is 3. The van der Waals surface area contributed by atoms with E-state index in [1.807, 2.05) is 41.5 Å². The number of hydrogen-bond donors (Lipinski definition) is 3. The highest BCUT2D eigenvalue weighted by Gasteiger charge is 2.13. The summed E-state index contributed by atoms with van der Waals surface area (Å²) in [5, 5.41) is 25.9. The number of hydrogen-bond acceptors (Lipinski definition) is 15. The van der Waals surface area contributed by atoms with Crippen LogP contribution in [0.25, 0.3) is 0 Å². The van der Waals surface area contributed by atoms with Crippen molar-refractivity contribution in [1.29, 1.82) is 0 Å². The van der Waals surface area contributed by atoms with Crippen LogP contribution >= 0.6 is 0 Å². The fourth-order valence-electron chi connectivity index (χ4n) is 3.14. The van der Waals surface area contributed by atoms with Crippen molar-refractivity contribution in [1.82, 2.24) is 0 Å². The van der Waals surface area contributed by atoms with Gasteiger partial charge in [-0.3, -0.25) is 0 Å². The first-order valence-electron chi connectivity index (χ1n) is 17.1. The van der Waals surface area contributed by atoms with Crippen LogP contribution in [0.15, 0.2) is 0 Å². The zero-order valence-corrected chi connectivity index (χ0v) is 30.8. The molecule has 0 heterocycles. The zero-order valence-electron chi connectivity index (χ0n) is 30.8. The second-order valence-corrected chi connectivity index (χ2v) is 11.1. The van der Waals surface area contributed by atoms with Gasteiger partial charge in [-0.1, -0.05) is 0 Å². The molecule has 0 aromatic heterocycles. The first-order chi connectivity index (χ1) is 23.2. The van der Waals surface area contributed by atoms with Gasteiger partial charge in [0.05, 0.1) is 169 Å². The Morgan fingerprint density at radius 2 is 0.562 bits per heavy atom. The van der Waals surface area contributed by atoms with Crippen molar-refractivity contribution in [2.24, 2.45) is 0 Å². The lowest BCUT2D eigenvalue weighted by atomic mass is 10.3. The highest BCUT2D eigenvalue weighted by molar-refractivity contribution is 4.58. The van der Waals surface area contributed by atoms with Crippen molar-refractivity contribution >= 4 is 0 Å². The molecular formula is C33H70O15. The maximum absolute atomic E-state index is 8.92. The van der Waals surface area contributed by atoms with Gasteiger partial charge < -0.3 is 72.2 Å². The Hall–Kier alpha value is -0.600. The smallest absolute Gasteiger partial charge is 0.0781 e. The fraction of sp³-hybridized carbons (Fsp3) is 1.00. The normalized spacial score (nSPS) is 15.4. The van der Waals surface area contributed by atoms with Gasteiger partial charge in [0.2, 0.25) is 0 Å². The molecule has 0 bridgehead atoms. The SMILES string of the molecule is COC(C)COC(C)COC(C)COC(C)COC(C)COC(C)CO.OCCOCCOCCOCCOCCOCCOCCO. The standard InChI is InChI=1S/C19H40O7.C14H30O8/c1-14(8-20)22-10-16(3)24-12-18(5)26-13-19(6)25-11-17(4)23-9-15(2)21-7;15-1-3-17-5-7-19-9-11-21-13-14-22-12-10-20-8-6-18-4-2-16/h14-20H,8-13H2,1-7H3;15-16H,1-14H2. The van der Waals surface area contributed by atoms with Crippen LogP contribution in [-0.4, -0.2) is 191 Å². The lowest BCUT2D eigenvalue weighted by Crippen LogP contribution is -2.29. The van der Waals surface area contributed by atoms with Gasteiger partial charge in [0.1, 0.15) is 0 Å². The van der Waals surface area contributed by atoms with E-state index in [0.717, 1.165) is 0 Å². The molecule has 0 amide bonds. The van der Waals surface area contributed by atoms with Crippen LogP contribution in [0.4, 0.5) is 0 Å². The molecule has 48 heavy (non-hydrogen) atoms. The van der Waals surface area contributed by atoms with E-state index in [0.29, 0.717) is 112 Å². The van der Waals surface area contributed by atoms with Crippen LogP contribution in [0.5, 0.6) is 0 Å². The lowest BCUT2D eigenvalue weighted by Gasteiger charge is -2.22. The minimum atomic E-state index is -0.170. The Labute approximate surface area is 289 Å². The summed E-state index contributed by atoms with van der Waals surface area (Å²) in [6, 6.07) is 0. The molecule has 0 rings (SSSR count). The lowest BCUT2D eigenvalue weighted by molar-refractivity contribution is -0.101. The topological polar surface area (TPSA) is 171 Å². The van der Waals surface area contributed by atoms with Crippen LogP contribution < -0.4 is 0 Å². The predicted octanol–water partition coefficient (Wildman–Crippen LogP) is 1.11. The van der Waals surface area contributed by atoms with Gasteiger partial charge in [-0.25, -0.2) is 0 Å². The van der Waals surface area contributed by atoms with Crippen LogP contribution in [0.1, 0.15) is 41.5 Å². The third-order valence-corrected chi connectivity index (χ3v) is 6.07. The summed E-state index contributed by atoms with van der Waals surface area (Å²) in [7, 11) is 1.67. The molecule has 6 atom stereocenters. The molecule has 0 saturated heterocycles. The molecule has 15 nitrogen and oxygen atoms in total. The molecule has 0 radical (unpaired) electrons. The number of ether oxygens (including phenoxy) is 12. The minimum absolute atomic E-state index is 0.0120. The first kappa shape index (κ1) is 49.5. The highest BCUT2D eigenvalue weighted by Crippen LogP contribution is 2.04. The Kier molecular flexibility index (Phi) is 40.4. The molecule has 0 saturated carbocycles. The second kappa shape index (κ2) is 39.2. The van der Waals surface area contributed by atoms with Gasteiger partial charge >= 0.3 is 0 Å². The summed E-state index contributed by atoms with van der Waals surface area (Å²) < 4.78 is 64.6. The highest BCUT2D eigenvalue weighted by atomic mass is 16.6. The maximum atomic E-state index is 8.92. The van der Waals surface area contributed by atoms with E-state index in [1.165, 1.54) is 0 Å².